The van der Waals surface area contributed by atoms with Crippen molar-refractivity contribution in [3.63, 3.8) is 0 Å². The van der Waals surface area contributed by atoms with Gasteiger partial charge in [-0.1, -0.05) is 17.7 Å². The molecule has 1 fully saturated rings. The van der Waals surface area contributed by atoms with Crippen LogP contribution >= 0.6 is 11.6 Å². The van der Waals surface area contributed by atoms with Gasteiger partial charge in [-0.2, -0.15) is 0 Å². The van der Waals surface area contributed by atoms with Crippen molar-refractivity contribution in [2.75, 3.05) is 19.8 Å². The van der Waals surface area contributed by atoms with E-state index in [2.05, 4.69) is 5.32 Å². The van der Waals surface area contributed by atoms with Crippen LogP contribution in [-0.2, 0) is 16.1 Å². The van der Waals surface area contributed by atoms with Crippen molar-refractivity contribution in [3.8, 4) is 5.75 Å². The van der Waals surface area contributed by atoms with Crippen LogP contribution in [0.3, 0.4) is 0 Å². The number of halogens is 1. The van der Waals surface area contributed by atoms with Gasteiger partial charge in [0.25, 0.3) is 0 Å². The first-order valence-electron chi connectivity index (χ1n) is 6.47. The SMILES string of the molecule is CCOc1ccc(CNC(=O)[C@H]2CCOC2)cc1Cl. The van der Waals surface area contributed by atoms with Gasteiger partial charge in [0.2, 0.25) is 5.91 Å². The minimum Gasteiger partial charge on any atom is -0.492 e. The Labute approximate surface area is 118 Å². The summed E-state index contributed by atoms with van der Waals surface area (Å²) in [6.07, 6.45) is 0.801. The fourth-order valence-corrected chi connectivity index (χ4v) is 2.26. The Bertz CT molecular complexity index is 444. The van der Waals surface area contributed by atoms with E-state index in [4.69, 9.17) is 21.1 Å². The van der Waals surface area contributed by atoms with Crippen LogP contribution in [0.4, 0.5) is 0 Å². The molecule has 1 aliphatic rings. The van der Waals surface area contributed by atoms with Crippen LogP contribution < -0.4 is 10.1 Å². The molecule has 1 saturated heterocycles. The highest BCUT2D eigenvalue weighted by atomic mass is 35.5. The van der Waals surface area contributed by atoms with Crippen molar-refractivity contribution in [1.82, 2.24) is 5.32 Å². The first-order chi connectivity index (χ1) is 9.20. The zero-order valence-electron chi connectivity index (χ0n) is 10.9. The molecule has 0 bridgehead atoms. The Morgan fingerprint density at radius 2 is 2.42 bits per heavy atom. The molecule has 0 spiro atoms. The third-order valence-electron chi connectivity index (χ3n) is 3.06. The fourth-order valence-electron chi connectivity index (χ4n) is 2.00. The zero-order valence-corrected chi connectivity index (χ0v) is 11.7. The molecule has 5 heteroatoms. The van der Waals surface area contributed by atoms with Gasteiger partial charge in [0.15, 0.2) is 0 Å². The van der Waals surface area contributed by atoms with E-state index in [1.54, 1.807) is 0 Å². The molecular weight excluding hydrogens is 266 g/mol. The number of rotatable bonds is 5. The van der Waals surface area contributed by atoms with Crippen molar-refractivity contribution < 1.29 is 14.3 Å². The lowest BCUT2D eigenvalue weighted by Gasteiger charge is -2.11. The van der Waals surface area contributed by atoms with Crippen LogP contribution in [0.5, 0.6) is 5.75 Å². The van der Waals surface area contributed by atoms with Crippen molar-refractivity contribution in [2.24, 2.45) is 5.92 Å². The van der Waals surface area contributed by atoms with Gasteiger partial charge in [-0.3, -0.25) is 4.79 Å². The van der Waals surface area contributed by atoms with Crippen molar-refractivity contribution in [1.29, 1.82) is 0 Å². The zero-order chi connectivity index (χ0) is 13.7. The quantitative estimate of drug-likeness (QED) is 0.903. The number of nitrogens with one attached hydrogen (secondary N) is 1. The standard InChI is InChI=1S/C14H18ClNO3/c1-2-19-13-4-3-10(7-12(13)15)8-16-14(17)11-5-6-18-9-11/h3-4,7,11H,2,5-6,8-9H2,1H3,(H,16,17)/t11-/m0/s1. The van der Waals surface area contributed by atoms with Gasteiger partial charge in [0.1, 0.15) is 5.75 Å². The molecule has 19 heavy (non-hydrogen) atoms. The molecule has 0 unspecified atom stereocenters. The lowest BCUT2D eigenvalue weighted by Crippen LogP contribution is -2.30. The molecule has 2 rings (SSSR count). The van der Waals surface area contributed by atoms with E-state index in [9.17, 15) is 4.79 Å². The predicted octanol–water partition coefficient (Wildman–Crippen LogP) is 2.39. The number of hydrogen-bond acceptors (Lipinski definition) is 3. The van der Waals surface area contributed by atoms with Crippen LogP contribution in [-0.4, -0.2) is 25.7 Å². The summed E-state index contributed by atoms with van der Waals surface area (Å²) >= 11 is 6.09. The molecule has 1 aromatic carbocycles. The summed E-state index contributed by atoms with van der Waals surface area (Å²) in [4.78, 5) is 11.8. The second kappa shape index (κ2) is 6.78. The summed E-state index contributed by atoms with van der Waals surface area (Å²) in [5, 5.41) is 3.47. The smallest absolute Gasteiger partial charge is 0.225 e. The Morgan fingerprint density at radius 1 is 1.58 bits per heavy atom. The summed E-state index contributed by atoms with van der Waals surface area (Å²) in [7, 11) is 0. The molecule has 1 N–H and O–H groups in total. The molecule has 1 aromatic rings. The lowest BCUT2D eigenvalue weighted by atomic mass is 10.1. The minimum absolute atomic E-state index is 0.0156. The molecular formula is C14H18ClNO3. The molecule has 1 amide bonds. The van der Waals surface area contributed by atoms with Gasteiger partial charge < -0.3 is 14.8 Å². The maximum Gasteiger partial charge on any atom is 0.225 e. The van der Waals surface area contributed by atoms with E-state index in [0.717, 1.165) is 12.0 Å². The molecule has 0 aromatic heterocycles. The minimum atomic E-state index is -0.0156. The van der Waals surface area contributed by atoms with E-state index >= 15 is 0 Å². The van der Waals surface area contributed by atoms with Gasteiger partial charge in [-0.05, 0) is 31.0 Å². The molecule has 0 aliphatic carbocycles. The second-order valence-corrected chi connectivity index (χ2v) is 4.88. The first kappa shape index (κ1) is 14.2. The van der Waals surface area contributed by atoms with Crippen LogP contribution in [0.25, 0.3) is 0 Å². The summed E-state index contributed by atoms with van der Waals surface area (Å²) in [6.45, 7) is 4.16. The van der Waals surface area contributed by atoms with Crippen LogP contribution in [0.2, 0.25) is 5.02 Å². The number of ether oxygens (including phenoxy) is 2. The van der Waals surface area contributed by atoms with Gasteiger partial charge in [-0.25, -0.2) is 0 Å². The number of carbonyl (C=O) groups excluding carboxylic acids is 1. The van der Waals surface area contributed by atoms with E-state index in [-0.39, 0.29) is 11.8 Å². The second-order valence-electron chi connectivity index (χ2n) is 4.48. The largest absolute Gasteiger partial charge is 0.492 e. The predicted molar refractivity (Wildman–Crippen MR) is 73.4 cm³/mol. The molecule has 0 radical (unpaired) electrons. The Hall–Kier alpha value is -1.26. The summed E-state index contributed by atoms with van der Waals surface area (Å²) in [5.41, 5.74) is 0.959. The molecule has 4 nitrogen and oxygen atoms in total. The lowest BCUT2D eigenvalue weighted by molar-refractivity contribution is -0.125. The number of hydrogen-bond donors (Lipinski definition) is 1. The van der Waals surface area contributed by atoms with Crippen molar-refractivity contribution >= 4 is 17.5 Å². The fraction of sp³-hybridized carbons (Fsp3) is 0.500. The summed E-state index contributed by atoms with van der Waals surface area (Å²) < 4.78 is 10.6. The maximum absolute atomic E-state index is 11.8. The molecule has 0 saturated carbocycles. The van der Waals surface area contributed by atoms with Crippen molar-refractivity contribution in [3.05, 3.63) is 28.8 Å². The topological polar surface area (TPSA) is 47.6 Å². The highest BCUT2D eigenvalue weighted by Gasteiger charge is 2.22. The van der Waals surface area contributed by atoms with Gasteiger partial charge in [0, 0.05) is 13.2 Å². The molecule has 1 heterocycles. The highest BCUT2D eigenvalue weighted by Crippen LogP contribution is 2.25. The van der Waals surface area contributed by atoms with Gasteiger partial charge in [-0.15, -0.1) is 0 Å². The third kappa shape index (κ3) is 3.85. The number of amides is 1. The van der Waals surface area contributed by atoms with Crippen molar-refractivity contribution in [2.45, 2.75) is 19.9 Å². The Morgan fingerprint density at radius 3 is 3.05 bits per heavy atom. The van der Waals surface area contributed by atoms with Gasteiger partial charge in [0.05, 0.1) is 24.2 Å². The monoisotopic (exact) mass is 283 g/mol. The van der Waals surface area contributed by atoms with Gasteiger partial charge >= 0.3 is 0 Å². The highest BCUT2D eigenvalue weighted by molar-refractivity contribution is 6.32. The molecule has 104 valence electrons. The normalized spacial score (nSPS) is 18.3. The van der Waals surface area contributed by atoms with E-state index in [1.807, 2.05) is 25.1 Å². The van der Waals surface area contributed by atoms with E-state index in [1.165, 1.54) is 0 Å². The van der Waals surface area contributed by atoms with Crippen LogP contribution in [0, 0.1) is 5.92 Å². The summed E-state index contributed by atoms with van der Waals surface area (Å²) in [5.74, 6) is 0.698. The maximum atomic E-state index is 11.8. The van der Waals surface area contributed by atoms with Crippen LogP contribution in [0.1, 0.15) is 18.9 Å². The van der Waals surface area contributed by atoms with Crippen LogP contribution in [0.15, 0.2) is 18.2 Å². The molecule has 1 aliphatic heterocycles. The Balaban J connectivity index is 1.88. The van der Waals surface area contributed by atoms with E-state index < -0.39 is 0 Å². The Kier molecular flexibility index (Phi) is 5.05. The average Bonchev–Trinajstić information content (AvgIpc) is 2.93. The third-order valence-corrected chi connectivity index (χ3v) is 3.36. The van der Waals surface area contributed by atoms with E-state index in [0.29, 0.717) is 37.1 Å². The summed E-state index contributed by atoms with van der Waals surface area (Å²) in [6, 6.07) is 5.55. The number of benzene rings is 1. The first-order valence-corrected chi connectivity index (χ1v) is 6.85. The number of carbonyl (C=O) groups is 1. The average molecular weight is 284 g/mol. The molecule has 1 atom stereocenters.